The van der Waals surface area contributed by atoms with Crippen LogP contribution in [0.4, 0.5) is 0 Å². The quantitative estimate of drug-likeness (QED) is 0.577. The second-order valence-corrected chi connectivity index (χ2v) is 5.12. The molecule has 0 aliphatic carbocycles. The first kappa shape index (κ1) is 11.7. The van der Waals surface area contributed by atoms with Crippen LogP contribution in [0.1, 0.15) is 32.3 Å². The lowest BCUT2D eigenvalue weighted by Gasteiger charge is -2.17. The third-order valence-electron chi connectivity index (χ3n) is 1.63. The minimum atomic E-state index is 0.196. The molecule has 0 N–H and O–H groups in total. The van der Waals surface area contributed by atoms with Gasteiger partial charge in [0.2, 0.25) is 0 Å². The van der Waals surface area contributed by atoms with Gasteiger partial charge in [-0.1, -0.05) is 32.4 Å². The normalized spacial score (nSPS) is 11.8. The zero-order valence-electron chi connectivity index (χ0n) is 8.64. The number of halogens is 2. The summed E-state index contributed by atoms with van der Waals surface area (Å²) in [5.41, 5.74) is 1.15. The summed E-state index contributed by atoms with van der Waals surface area (Å²) in [6.07, 6.45) is 0.874. The van der Waals surface area contributed by atoms with Gasteiger partial charge in [-0.05, 0) is 17.9 Å². The number of nitrogens with zero attached hydrogens (tertiary/aromatic N) is 2. The Morgan fingerprint density at radius 3 is 2.43 bits per heavy atom. The average molecular weight is 233 g/mol. The van der Waals surface area contributed by atoms with E-state index in [0.717, 1.165) is 12.1 Å². The monoisotopic (exact) mass is 232 g/mol. The molecule has 0 amide bonds. The lowest BCUT2D eigenvalue weighted by Crippen LogP contribution is -2.11. The third-order valence-corrected chi connectivity index (χ3v) is 2.06. The molecule has 4 heteroatoms. The first-order valence-electron chi connectivity index (χ1n) is 4.49. The van der Waals surface area contributed by atoms with E-state index in [4.69, 9.17) is 23.2 Å². The van der Waals surface area contributed by atoms with E-state index in [1.807, 2.05) is 0 Å². The van der Waals surface area contributed by atoms with Crippen molar-refractivity contribution in [3.05, 3.63) is 22.7 Å². The second kappa shape index (κ2) is 4.45. The molecule has 0 unspecified atom stereocenters. The Balaban J connectivity index is 2.92. The molecule has 0 bridgehead atoms. The van der Waals surface area contributed by atoms with Crippen LogP contribution in [0.25, 0.3) is 0 Å². The summed E-state index contributed by atoms with van der Waals surface area (Å²) in [4.78, 5) is 8.31. The highest BCUT2D eigenvalue weighted by atomic mass is 35.5. The summed E-state index contributed by atoms with van der Waals surface area (Å²) in [6, 6.07) is 1.79. The van der Waals surface area contributed by atoms with E-state index in [1.165, 1.54) is 0 Å². The largest absolute Gasteiger partial charge is 0.237 e. The SMILES string of the molecule is CC(C)(C)Cc1cc(Cl)nc(CCl)n1. The summed E-state index contributed by atoms with van der Waals surface area (Å²) in [6.45, 7) is 6.47. The molecule has 0 aliphatic rings. The van der Waals surface area contributed by atoms with Crippen LogP contribution < -0.4 is 0 Å². The van der Waals surface area contributed by atoms with E-state index < -0.39 is 0 Å². The van der Waals surface area contributed by atoms with Gasteiger partial charge in [0, 0.05) is 5.69 Å². The molecule has 1 rings (SSSR count). The minimum absolute atomic E-state index is 0.196. The summed E-state index contributed by atoms with van der Waals surface area (Å²) in [7, 11) is 0. The van der Waals surface area contributed by atoms with Gasteiger partial charge in [-0.3, -0.25) is 0 Å². The Labute approximate surface area is 94.7 Å². The standard InChI is InChI=1S/C10H14Cl2N2/c1-10(2,3)5-7-4-8(12)14-9(6-11)13-7/h4H,5-6H2,1-3H3. The fourth-order valence-corrected chi connectivity index (χ4v) is 1.55. The lowest BCUT2D eigenvalue weighted by molar-refractivity contribution is 0.405. The Morgan fingerprint density at radius 2 is 1.93 bits per heavy atom. The van der Waals surface area contributed by atoms with Crippen molar-refractivity contribution in [3.63, 3.8) is 0 Å². The summed E-state index contributed by atoms with van der Waals surface area (Å²) in [5.74, 6) is 0.899. The highest BCUT2D eigenvalue weighted by molar-refractivity contribution is 6.29. The van der Waals surface area contributed by atoms with Crippen molar-refractivity contribution < 1.29 is 0 Å². The van der Waals surface area contributed by atoms with Crippen LogP contribution in [0.3, 0.4) is 0 Å². The van der Waals surface area contributed by atoms with Gasteiger partial charge in [-0.25, -0.2) is 9.97 Å². The second-order valence-electron chi connectivity index (χ2n) is 4.47. The van der Waals surface area contributed by atoms with E-state index in [0.29, 0.717) is 16.9 Å². The van der Waals surface area contributed by atoms with Crippen molar-refractivity contribution >= 4 is 23.2 Å². The van der Waals surface area contributed by atoms with Crippen molar-refractivity contribution in [3.8, 4) is 0 Å². The van der Waals surface area contributed by atoms with Gasteiger partial charge in [0.05, 0.1) is 5.88 Å². The fourth-order valence-electron chi connectivity index (χ4n) is 1.21. The average Bonchev–Trinajstić information content (AvgIpc) is 1.99. The van der Waals surface area contributed by atoms with Crippen LogP contribution in [0.15, 0.2) is 6.07 Å². The maximum atomic E-state index is 5.85. The summed E-state index contributed by atoms with van der Waals surface area (Å²) < 4.78 is 0. The topological polar surface area (TPSA) is 25.8 Å². The first-order valence-corrected chi connectivity index (χ1v) is 5.40. The zero-order valence-corrected chi connectivity index (χ0v) is 10.2. The molecule has 0 aromatic carbocycles. The zero-order chi connectivity index (χ0) is 10.8. The van der Waals surface area contributed by atoms with Crippen molar-refractivity contribution in [2.45, 2.75) is 33.1 Å². The third kappa shape index (κ3) is 3.81. The Kier molecular flexibility index (Phi) is 3.73. The Morgan fingerprint density at radius 1 is 1.29 bits per heavy atom. The molecule has 1 aromatic heterocycles. The van der Waals surface area contributed by atoms with Gasteiger partial charge in [0.25, 0.3) is 0 Å². The van der Waals surface area contributed by atoms with E-state index in [9.17, 15) is 0 Å². The van der Waals surface area contributed by atoms with Gasteiger partial charge < -0.3 is 0 Å². The van der Waals surface area contributed by atoms with Crippen molar-refractivity contribution in [2.24, 2.45) is 5.41 Å². The molecular formula is C10H14Cl2N2. The number of hydrogen-bond acceptors (Lipinski definition) is 2. The van der Waals surface area contributed by atoms with E-state index in [1.54, 1.807) is 6.07 Å². The smallest absolute Gasteiger partial charge is 0.145 e. The Hall–Kier alpha value is -0.340. The molecular weight excluding hydrogens is 219 g/mol. The highest BCUT2D eigenvalue weighted by Gasteiger charge is 2.13. The van der Waals surface area contributed by atoms with E-state index in [-0.39, 0.29) is 5.41 Å². The number of alkyl halides is 1. The predicted octanol–water partition coefficient (Wildman–Crippen LogP) is 3.46. The van der Waals surface area contributed by atoms with Gasteiger partial charge in [-0.15, -0.1) is 11.6 Å². The fraction of sp³-hybridized carbons (Fsp3) is 0.600. The van der Waals surface area contributed by atoms with E-state index in [2.05, 4.69) is 30.7 Å². The molecule has 0 saturated heterocycles. The molecule has 0 atom stereocenters. The van der Waals surface area contributed by atoms with E-state index >= 15 is 0 Å². The van der Waals surface area contributed by atoms with Crippen LogP contribution in [0.5, 0.6) is 0 Å². The highest BCUT2D eigenvalue weighted by Crippen LogP contribution is 2.20. The van der Waals surface area contributed by atoms with Crippen LogP contribution in [-0.4, -0.2) is 9.97 Å². The number of hydrogen-bond donors (Lipinski definition) is 0. The summed E-state index contributed by atoms with van der Waals surface area (Å²) in [5, 5.41) is 0.468. The number of aromatic nitrogens is 2. The van der Waals surface area contributed by atoms with Gasteiger partial charge >= 0.3 is 0 Å². The van der Waals surface area contributed by atoms with Crippen molar-refractivity contribution in [1.29, 1.82) is 0 Å². The van der Waals surface area contributed by atoms with Crippen molar-refractivity contribution in [2.75, 3.05) is 0 Å². The molecule has 0 radical (unpaired) electrons. The van der Waals surface area contributed by atoms with Crippen molar-refractivity contribution in [1.82, 2.24) is 9.97 Å². The first-order chi connectivity index (χ1) is 6.40. The molecule has 0 aliphatic heterocycles. The minimum Gasteiger partial charge on any atom is -0.237 e. The van der Waals surface area contributed by atoms with Gasteiger partial charge in [0.1, 0.15) is 11.0 Å². The summed E-state index contributed by atoms with van der Waals surface area (Å²) >= 11 is 11.5. The lowest BCUT2D eigenvalue weighted by atomic mass is 9.90. The maximum Gasteiger partial charge on any atom is 0.145 e. The van der Waals surface area contributed by atoms with Crippen LogP contribution >= 0.6 is 23.2 Å². The van der Waals surface area contributed by atoms with Gasteiger partial charge in [-0.2, -0.15) is 0 Å². The Bertz CT molecular complexity index is 318. The van der Waals surface area contributed by atoms with Crippen LogP contribution in [0, 0.1) is 5.41 Å². The maximum absolute atomic E-state index is 5.85. The van der Waals surface area contributed by atoms with Gasteiger partial charge in [0.15, 0.2) is 0 Å². The number of rotatable bonds is 2. The molecule has 14 heavy (non-hydrogen) atoms. The van der Waals surface area contributed by atoms with Crippen LogP contribution in [-0.2, 0) is 12.3 Å². The van der Waals surface area contributed by atoms with Crippen LogP contribution in [0.2, 0.25) is 5.15 Å². The molecule has 0 saturated carbocycles. The molecule has 1 aromatic rings. The molecule has 78 valence electrons. The predicted molar refractivity (Wildman–Crippen MR) is 59.8 cm³/mol. The molecule has 1 heterocycles. The molecule has 0 spiro atoms. The molecule has 0 fully saturated rings. The molecule has 2 nitrogen and oxygen atoms in total.